The Morgan fingerprint density at radius 2 is 2.18 bits per heavy atom. The van der Waals surface area contributed by atoms with E-state index in [1.807, 2.05) is 24.3 Å². The molecule has 2 amide bonds. The van der Waals surface area contributed by atoms with E-state index in [0.29, 0.717) is 5.75 Å². The monoisotopic (exact) mass is 252 g/mol. The molecule has 0 spiro atoms. The molecule has 2 rings (SSSR count). The molecule has 6 heteroatoms. The zero-order chi connectivity index (χ0) is 12.3. The lowest BCUT2D eigenvalue weighted by Gasteiger charge is -2.16. The second kappa shape index (κ2) is 5.09. The van der Waals surface area contributed by atoms with Crippen molar-refractivity contribution in [2.24, 2.45) is 0 Å². The third-order valence-corrected chi connectivity index (χ3v) is 3.23. The Bertz CT molecular complexity index is 434. The number of hydrogen-bond acceptors (Lipinski definition) is 5. The molecule has 0 radical (unpaired) electrons. The van der Waals surface area contributed by atoms with Gasteiger partial charge in [-0.1, -0.05) is 23.9 Å². The zero-order valence-corrected chi connectivity index (χ0v) is 10.1. The number of ether oxygens (including phenoxy) is 1. The van der Waals surface area contributed by atoms with Crippen molar-refractivity contribution in [3.63, 3.8) is 0 Å². The summed E-state index contributed by atoms with van der Waals surface area (Å²) in [6.45, 7) is 0.172. The van der Waals surface area contributed by atoms with E-state index in [-0.39, 0.29) is 23.6 Å². The maximum atomic E-state index is 11.4. The Morgan fingerprint density at radius 1 is 1.41 bits per heavy atom. The van der Waals surface area contributed by atoms with E-state index < -0.39 is 0 Å². The molecule has 0 unspecified atom stereocenters. The van der Waals surface area contributed by atoms with Crippen LogP contribution in [0.2, 0.25) is 0 Å². The van der Waals surface area contributed by atoms with Crippen LogP contribution in [0.4, 0.5) is 10.5 Å². The molecule has 5 nitrogen and oxygen atoms in total. The third-order valence-electron chi connectivity index (χ3n) is 2.38. The van der Waals surface area contributed by atoms with E-state index in [2.05, 4.69) is 5.32 Å². The minimum absolute atomic E-state index is 0.164. The number of anilines is 1. The van der Waals surface area contributed by atoms with Crippen molar-refractivity contribution >= 4 is 28.6 Å². The summed E-state index contributed by atoms with van der Waals surface area (Å²) in [4.78, 5) is 23.9. The molecule has 0 bridgehead atoms. The molecule has 1 N–H and O–H groups in total. The molecule has 17 heavy (non-hydrogen) atoms. The largest absolute Gasteiger partial charge is 0.495 e. The lowest BCUT2D eigenvalue weighted by atomic mass is 10.3. The van der Waals surface area contributed by atoms with Crippen LogP contribution in [-0.4, -0.2) is 35.6 Å². The number of para-hydroxylation sites is 2. The molecule has 1 aliphatic rings. The first kappa shape index (κ1) is 11.8. The SMILES string of the molecule is COc1ccccc1NCN1C(=O)CSC1=O. The van der Waals surface area contributed by atoms with Gasteiger partial charge in [-0.05, 0) is 12.1 Å². The van der Waals surface area contributed by atoms with Crippen LogP contribution in [0.5, 0.6) is 5.75 Å². The first-order chi connectivity index (χ1) is 8.22. The van der Waals surface area contributed by atoms with Crippen molar-refractivity contribution in [3.05, 3.63) is 24.3 Å². The van der Waals surface area contributed by atoms with Gasteiger partial charge in [-0.15, -0.1) is 0 Å². The van der Waals surface area contributed by atoms with Crippen LogP contribution in [0.25, 0.3) is 0 Å². The molecule has 0 aromatic heterocycles. The number of imide groups is 1. The summed E-state index contributed by atoms with van der Waals surface area (Å²) in [6, 6.07) is 7.35. The normalized spacial score (nSPS) is 15.2. The second-order valence-corrected chi connectivity index (χ2v) is 4.34. The van der Waals surface area contributed by atoms with E-state index in [9.17, 15) is 9.59 Å². The first-order valence-electron chi connectivity index (χ1n) is 5.06. The highest BCUT2D eigenvalue weighted by molar-refractivity contribution is 8.14. The summed E-state index contributed by atoms with van der Waals surface area (Å²) in [5, 5.41) is 2.80. The molecule has 0 aliphatic carbocycles. The molecule has 0 atom stereocenters. The fraction of sp³-hybridized carbons (Fsp3) is 0.273. The number of hydrogen-bond donors (Lipinski definition) is 1. The summed E-state index contributed by atoms with van der Waals surface area (Å²) >= 11 is 1.02. The molecule has 90 valence electrons. The minimum Gasteiger partial charge on any atom is -0.495 e. The molecular weight excluding hydrogens is 240 g/mol. The smallest absolute Gasteiger partial charge is 0.290 e. The van der Waals surface area contributed by atoms with Crippen LogP contribution in [0.3, 0.4) is 0 Å². The van der Waals surface area contributed by atoms with Gasteiger partial charge in [0.25, 0.3) is 5.24 Å². The Morgan fingerprint density at radius 3 is 2.82 bits per heavy atom. The highest BCUT2D eigenvalue weighted by Gasteiger charge is 2.29. The molecule has 1 heterocycles. The van der Waals surface area contributed by atoms with Gasteiger partial charge < -0.3 is 10.1 Å². The second-order valence-electron chi connectivity index (χ2n) is 3.41. The van der Waals surface area contributed by atoms with Crippen LogP contribution in [0.15, 0.2) is 24.3 Å². The van der Waals surface area contributed by atoms with Gasteiger partial charge in [-0.3, -0.25) is 14.5 Å². The third kappa shape index (κ3) is 2.52. The van der Waals surface area contributed by atoms with Gasteiger partial charge in [0.2, 0.25) is 5.91 Å². The summed E-state index contributed by atoms with van der Waals surface area (Å²) in [7, 11) is 1.57. The summed E-state index contributed by atoms with van der Waals surface area (Å²) in [6.07, 6.45) is 0. The number of nitrogens with zero attached hydrogens (tertiary/aromatic N) is 1. The lowest BCUT2D eigenvalue weighted by molar-refractivity contribution is -0.124. The standard InChI is InChI=1S/C11H12N2O3S/c1-16-9-5-3-2-4-8(9)12-7-13-10(14)6-17-11(13)15/h2-5,12H,6-7H2,1H3. The summed E-state index contributed by atoms with van der Waals surface area (Å²) in [5.41, 5.74) is 0.757. The summed E-state index contributed by atoms with van der Waals surface area (Å²) < 4.78 is 5.16. The fourth-order valence-corrected chi connectivity index (χ4v) is 2.21. The molecular formula is C11H12N2O3S. The first-order valence-corrected chi connectivity index (χ1v) is 6.05. The molecule has 0 saturated carbocycles. The predicted molar refractivity (Wildman–Crippen MR) is 66.2 cm³/mol. The van der Waals surface area contributed by atoms with Crippen molar-refractivity contribution in [1.29, 1.82) is 0 Å². The number of nitrogens with one attached hydrogen (secondary N) is 1. The van der Waals surface area contributed by atoms with Crippen molar-refractivity contribution in [2.75, 3.05) is 24.8 Å². The molecule has 1 saturated heterocycles. The number of amides is 2. The maximum Gasteiger partial charge on any atom is 0.290 e. The van der Waals surface area contributed by atoms with Crippen LogP contribution in [0.1, 0.15) is 0 Å². The average molecular weight is 252 g/mol. The van der Waals surface area contributed by atoms with E-state index in [0.717, 1.165) is 17.4 Å². The topological polar surface area (TPSA) is 58.6 Å². The number of carbonyl (C=O) groups excluding carboxylic acids is 2. The van der Waals surface area contributed by atoms with Gasteiger partial charge in [0.05, 0.1) is 25.2 Å². The van der Waals surface area contributed by atoms with Crippen LogP contribution < -0.4 is 10.1 Å². The fourth-order valence-electron chi connectivity index (χ4n) is 1.49. The number of methoxy groups -OCH3 is 1. The van der Waals surface area contributed by atoms with Gasteiger partial charge in [0.1, 0.15) is 5.75 Å². The highest BCUT2D eigenvalue weighted by atomic mass is 32.2. The Balaban J connectivity index is 2.02. The van der Waals surface area contributed by atoms with Crippen molar-refractivity contribution in [1.82, 2.24) is 4.90 Å². The highest BCUT2D eigenvalue weighted by Crippen LogP contribution is 2.24. The van der Waals surface area contributed by atoms with Gasteiger partial charge in [-0.25, -0.2) is 0 Å². The summed E-state index contributed by atoms with van der Waals surface area (Å²) in [5.74, 6) is 0.744. The predicted octanol–water partition coefficient (Wildman–Crippen LogP) is 1.76. The number of thioether (sulfide) groups is 1. The van der Waals surface area contributed by atoms with E-state index in [1.165, 1.54) is 4.90 Å². The van der Waals surface area contributed by atoms with Gasteiger partial charge in [0, 0.05) is 0 Å². The molecule has 1 aromatic carbocycles. The van der Waals surface area contributed by atoms with Gasteiger partial charge in [-0.2, -0.15) is 0 Å². The van der Waals surface area contributed by atoms with E-state index >= 15 is 0 Å². The van der Waals surface area contributed by atoms with Crippen LogP contribution >= 0.6 is 11.8 Å². The number of benzene rings is 1. The van der Waals surface area contributed by atoms with E-state index in [4.69, 9.17) is 4.74 Å². The number of carbonyl (C=O) groups is 2. The Hall–Kier alpha value is -1.69. The maximum absolute atomic E-state index is 11.4. The van der Waals surface area contributed by atoms with Crippen LogP contribution in [-0.2, 0) is 4.79 Å². The molecule has 1 aromatic rings. The number of rotatable bonds is 4. The molecule has 1 aliphatic heterocycles. The van der Waals surface area contributed by atoms with E-state index in [1.54, 1.807) is 7.11 Å². The lowest BCUT2D eigenvalue weighted by Crippen LogP contribution is -2.33. The van der Waals surface area contributed by atoms with Crippen molar-refractivity contribution in [2.45, 2.75) is 0 Å². The Labute approximate surface area is 103 Å². The quantitative estimate of drug-likeness (QED) is 0.884. The zero-order valence-electron chi connectivity index (χ0n) is 9.30. The minimum atomic E-state index is -0.211. The van der Waals surface area contributed by atoms with Gasteiger partial charge in [0.15, 0.2) is 0 Å². The van der Waals surface area contributed by atoms with Crippen molar-refractivity contribution < 1.29 is 14.3 Å². The average Bonchev–Trinajstić information content (AvgIpc) is 2.67. The van der Waals surface area contributed by atoms with Gasteiger partial charge >= 0.3 is 0 Å². The Kier molecular flexibility index (Phi) is 3.53. The van der Waals surface area contributed by atoms with Crippen LogP contribution in [0, 0.1) is 0 Å². The molecule has 1 fully saturated rings. The van der Waals surface area contributed by atoms with Crippen molar-refractivity contribution in [3.8, 4) is 5.75 Å².